The maximum atomic E-state index is 11.4. The van der Waals surface area contributed by atoms with E-state index in [2.05, 4.69) is 15.5 Å². The first-order chi connectivity index (χ1) is 8.75. The van der Waals surface area contributed by atoms with Crippen LogP contribution in [0.2, 0.25) is 0 Å². The smallest absolute Gasteiger partial charge is 0.243 e. The second-order valence-electron chi connectivity index (χ2n) is 4.72. The summed E-state index contributed by atoms with van der Waals surface area (Å²) in [6.45, 7) is 2.00. The predicted molar refractivity (Wildman–Crippen MR) is 71.5 cm³/mol. The van der Waals surface area contributed by atoms with Crippen molar-refractivity contribution in [2.24, 2.45) is 11.0 Å². The first-order valence-electron chi connectivity index (χ1n) is 6.16. The molecule has 0 saturated heterocycles. The third kappa shape index (κ3) is 2.01. The quantitative estimate of drug-likeness (QED) is 0.629. The molecular formula is C14H15N3O. The van der Waals surface area contributed by atoms with Crippen LogP contribution in [0.5, 0.6) is 0 Å². The van der Waals surface area contributed by atoms with Crippen molar-refractivity contribution in [3.8, 4) is 0 Å². The summed E-state index contributed by atoms with van der Waals surface area (Å²) in [6.07, 6.45) is 3.70. The molecule has 3 rings (SSSR count). The molecule has 1 aliphatic carbocycles. The maximum absolute atomic E-state index is 11.4. The number of H-pyrrole nitrogens is 1. The van der Waals surface area contributed by atoms with Crippen molar-refractivity contribution in [2.45, 2.75) is 19.8 Å². The van der Waals surface area contributed by atoms with Gasteiger partial charge in [0.2, 0.25) is 5.91 Å². The minimum Gasteiger partial charge on any atom is -0.358 e. The van der Waals surface area contributed by atoms with Crippen LogP contribution in [0.3, 0.4) is 0 Å². The first-order valence-corrected chi connectivity index (χ1v) is 6.16. The van der Waals surface area contributed by atoms with Crippen LogP contribution in [-0.4, -0.2) is 17.1 Å². The molecule has 1 aromatic heterocycles. The molecule has 1 heterocycles. The number of benzene rings is 1. The van der Waals surface area contributed by atoms with Crippen LogP contribution in [-0.2, 0) is 4.79 Å². The van der Waals surface area contributed by atoms with Gasteiger partial charge in [0.1, 0.15) is 0 Å². The van der Waals surface area contributed by atoms with E-state index in [4.69, 9.17) is 0 Å². The number of carbonyl (C=O) groups is 1. The predicted octanol–water partition coefficient (Wildman–Crippen LogP) is 2.34. The Labute approximate surface area is 105 Å². The second kappa shape index (κ2) is 4.29. The Kier molecular flexibility index (Phi) is 2.63. The van der Waals surface area contributed by atoms with Crippen molar-refractivity contribution < 1.29 is 4.79 Å². The molecule has 1 saturated carbocycles. The van der Waals surface area contributed by atoms with Crippen molar-refractivity contribution in [1.29, 1.82) is 0 Å². The topological polar surface area (TPSA) is 57.2 Å². The highest BCUT2D eigenvalue weighted by Gasteiger charge is 2.29. The first kappa shape index (κ1) is 11.0. The molecule has 0 bridgehead atoms. The summed E-state index contributed by atoms with van der Waals surface area (Å²) >= 11 is 0. The Morgan fingerprint density at radius 2 is 2.22 bits per heavy atom. The number of carbonyl (C=O) groups excluding carboxylic acids is 1. The lowest BCUT2D eigenvalue weighted by atomic mass is 10.1. The van der Waals surface area contributed by atoms with Crippen molar-refractivity contribution >= 4 is 23.0 Å². The van der Waals surface area contributed by atoms with E-state index in [1.54, 1.807) is 6.21 Å². The summed E-state index contributed by atoms with van der Waals surface area (Å²) in [5.41, 5.74) is 5.76. The number of nitrogens with one attached hydrogen (secondary N) is 2. The van der Waals surface area contributed by atoms with E-state index < -0.39 is 0 Å². The second-order valence-corrected chi connectivity index (χ2v) is 4.72. The van der Waals surface area contributed by atoms with Crippen LogP contribution in [0.15, 0.2) is 29.4 Å². The molecular weight excluding hydrogens is 226 g/mol. The molecule has 18 heavy (non-hydrogen) atoms. The number of hydrazone groups is 1. The number of hydrogen-bond acceptors (Lipinski definition) is 2. The van der Waals surface area contributed by atoms with Crippen molar-refractivity contribution in [1.82, 2.24) is 10.4 Å². The molecule has 1 aromatic carbocycles. The van der Waals surface area contributed by atoms with E-state index in [1.807, 2.05) is 31.2 Å². The summed E-state index contributed by atoms with van der Waals surface area (Å²) < 4.78 is 0. The Balaban J connectivity index is 1.82. The number of fused-ring (bicyclic) bond motifs is 1. The van der Waals surface area contributed by atoms with Crippen LogP contribution < -0.4 is 5.43 Å². The zero-order valence-corrected chi connectivity index (χ0v) is 10.2. The highest BCUT2D eigenvalue weighted by molar-refractivity contribution is 6.00. The van der Waals surface area contributed by atoms with Gasteiger partial charge in [-0.1, -0.05) is 18.2 Å². The van der Waals surface area contributed by atoms with Gasteiger partial charge in [-0.15, -0.1) is 0 Å². The minimum absolute atomic E-state index is 0.0312. The van der Waals surface area contributed by atoms with E-state index in [9.17, 15) is 4.79 Å². The number of para-hydroxylation sites is 1. The van der Waals surface area contributed by atoms with E-state index in [1.165, 1.54) is 0 Å². The fraction of sp³-hybridized carbons (Fsp3) is 0.286. The third-order valence-electron chi connectivity index (χ3n) is 3.26. The number of amides is 1. The number of aromatic nitrogens is 1. The van der Waals surface area contributed by atoms with Gasteiger partial charge in [-0.05, 0) is 25.8 Å². The largest absolute Gasteiger partial charge is 0.358 e. The monoisotopic (exact) mass is 241 g/mol. The zero-order valence-electron chi connectivity index (χ0n) is 10.2. The molecule has 2 N–H and O–H groups in total. The Morgan fingerprint density at radius 1 is 1.44 bits per heavy atom. The SMILES string of the molecule is Cc1[nH]c2ccccc2c1/C=N/NC(=O)C1CC1. The highest BCUT2D eigenvalue weighted by atomic mass is 16.2. The number of aryl methyl sites for hydroxylation is 1. The number of hydrogen-bond donors (Lipinski definition) is 2. The van der Waals surface area contributed by atoms with Crippen LogP contribution in [0.1, 0.15) is 24.1 Å². The Morgan fingerprint density at radius 3 is 3.00 bits per heavy atom. The summed E-state index contributed by atoms with van der Waals surface area (Å²) in [5.74, 6) is 0.218. The molecule has 4 heteroatoms. The van der Waals surface area contributed by atoms with Gasteiger partial charge in [-0.25, -0.2) is 5.43 Å². The summed E-state index contributed by atoms with van der Waals surface area (Å²) in [4.78, 5) is 14.7. The van der Waals surface area contributed by atoms with Gasteiger partial charge in [0, 0.05) is 28.1 Å². The molecule has 2 aromatic rings. The molecule has 0 aliphatic heterocycles. The highest BCUT2D eigenvalue weighted by Crippen LogP contribution is 2.28. The fourth-order valence-corrected chi connectivity index (χ4v) is 2.06. The minimum atomic E-state index is 0.0312. The lowest BCUT2D eigenvalue weighted by Crippen LogP contribution is -2.18. The van der Waals surface area contributed by atoms with E-state index >= 15 is 0 Å². The number of rotatable bonds is 3. The van der Waals surface area contributed by atoms with E-state index in [0.29, 0.717) is 0 Å². The van der Waals surface area contributed by atoms with Crippen LogP contribution in [0.25, 0.3) is 10.9 Å². The molecule has 0 unspecified atom stereocenters. The van der Waals surface area contributed by atoms with Crippen LogP contribution in [0.4, 0.5) is 0 Å². The van der Waals surface area contributed by atoms with Gasteiger partial charge in [0.15, 0.2) is 0 Å². The Bertz CT molecular complexity index is 623. The molecule has 0 atom stereocenters. The summed E-state index contributed by atoms with van der Waals surface area (Å²) in [5, 5.41) is 5.17. The number of nitrogens with zero attached hydrogens (tertiary/aromatic N) is 1. The molecule has 0 radical (unpaired) electrons. The van der Waals surface area contributed by atoms with Gasteiger partial charge >= 0.3 is 0 Å². The van der Waals surface area contributed by atoms with Gasteiger partial charge in [-0.2, -0.15) is 5.10 Å². The summed E-state index contributed by atoms with van der Waals surface area (Å²) in [7, 11) is 0. The van der Waals surface area contributed by atoms with E-state index in [-0.39, 0.29) is 11.8 Å². The molecule has 92 valence electrons. The molecule has 4 nitrogen and oxygen atoms in total. The third-order valence-corrected chi connectivity index (χ3v) is 3.26. The average Bonchev–Trinajstić information content (AvgIpc) is 3.15. The van der Waals surface area contributed by atoms with Gasteiger partial charge in [-0.3, -0.25) is 4.79 Å². The lowest BCUT2D eigenvalue weighted by molar-refractivity contribution is -0.122. The Hall–Kier alpha value is -2.10. The molecule has 1 amide bonds. The summed E-state index contributed by atoms with van der Waals surface area (Å²) in [6, 6.07) is 8.06. The number of aromatic amines is 1. The fourth-order valence-electron chi connectivity index (χ4n) is 2.06. The lowest BCUT2D eigenvalue weighted by Gasteiger charge is -1.96. The molecule has 0 spiro atoms. The van der Waals surface area contributed by atoms with Gasteiger partial charge < -0.3 is 4.98 Å². The normalized spacial score (nSPS) is 15.4. The zero-order chi connectivity index (χ0) is 12.5. The average molecular weight is 241 g/mol. The molecule has 1 fully saturated rings. The van der Waals surface area contributed by atoms with Crippen LogP contribution >= 0.6 is 0 Å². The van der Waals surface area contributed by atoms with Gasteiger partial charge in [0.05, 0.1) is 6.21 Å². The standard InChI is InChI=1S/C14H15N3O/c1-9-12(8-15-17-14(18)10-6-7-10)11-4-2-3-5-13(11)16-9/h2-5,8,10,16H,6-7H2,1H3,(H,17,18)/b15-8+. The maximum Gasteiger partial charge on any atom is 0.243 e. The van der Waals surface area contributed by atoms with Crippen molar-refractivity contribution in [3.63, 3.8) is 0 Å². The van der Waals surface area contributed by atoms with Gasteiger partial charge in [0.25, 0.3) is 0 Å². The molecule has 1 aliphatic rings. The van der Waals surface area contributed by atoms with Crippen molar-refractivity contribution in [3.05, 3.63) is 35.5 Å². The van der Waals surface area contributed by atoms with Crippen molar-refractivity contribution in [2.75, 3.05) is 0 Å². The van der Waals surface area contributed by atoms with E-state index in [0.717, 1.165) is 35.0 Å². The van der Waals surface area contributed by atoms with Crippen LogP contribution in [0, 0.1) is 12.8 Å².